The normalized spacial score (nSPS) is 9.27. The molecule has 0 saturated carbocycles. The van der Waals surface area contributed by atoms with E-state index in [2.05, 4.69) is 10.0 Å². The Kier molecular flexibility index (Phi) is 4.09. The van der Waals surface area contributed by atoms with E-state index in [1.165, 1.54) is 14.2 Å². The van der Waals surface area contributed by atoms with Gasteiger partial charge in [0.05, 0.1) is 25.8 Å². The van der Waals surface area contributed by atoms with Crippen molar-refractivity contribution >= 4 is 11.6 Å². The summed E-state index contributed by atoms with van der Waals surface area (Å²) >= 11 is 6.04. The van der Waals surface area contributed by atoms with Gasteiger partial charge in [0, 0.05) is 4.91 Å². The predicted molar refractivity (Wildman–Crippen MR) is 57.4 cm³/mol. The van der Waals surface area contributed by atoms with E-state index >= 15 is 0 Å². The Labute approximate surface area is 92.2 Å². The maximum atomic E-state index is 8.21. The molecule has 0 unspecified atom stereocenters. The molecule has 0 spiro atoms. The molecule has 1 aromatic carbocycles. The van der Waals surface area contributed by atoms with Gasteiger partial charge >= 0.3 is 0 Å². The molecule has 0 atom stereocenters. The molecule has 0 amide bonds. The van der Waals surface area contributed by atoms with Crippen molar-refractivity contribution in [2.45, 2.75) is 6.54 Å². The Morgan fingerprint density at radius 2 is 2.13 bits per heavy atom. The second-order valence-electron chi connectivity index (χ2n) is 2.66. The monoisotopic (exact) mass is 227 g/mol. The molecule has 0 N–H and O–H groups in total. The molecular formula is C9H10ClN3O2. The molecular weight excluding hydrogens is 218 g/mol. The lowest BCUT2D eigenvalue weighted by Crippen LogP contribution is -1.94. The van der Waals surface area contributed by atoms with Gasteiger partial charge in [0.15, 0.2) is 11.5 Å². The minimum Gasteiger partial charge on any atom is -0.493 e. The molecule has 0 bridgehead atoms. The third-order valence-electron chi connectivity index (χ3n) is 1.87. The maximum absolute atomic E-state index is 8.21. The summed E-state index contributed by atoms with van der Waals surface area (Å²) in [5.74, 6) is 0.997. The van der Waals surface area contributed by atoms with Crippen LogP contribution in [0.2, 0.25) is 5.02 Å². The molecule has 1 rings (SSSR count). The van der Waals surface area contributed by atoms with Gasteiger partial charge in [-0.2, -0.15) is 0 Å². The van der Waals surface area contributed by atoms with Crippen LogP contribution in [0.3, 0.4) is 0 Å². The second-order valence-corrected chi connectivity index (χ2v) is 3.04. The lowest BCUT2D eigenvalue weighted by Gasteiger charge is -2.11. The number of benzene rings is 1. The van der Waals surface area contributed by atoms with Crippen molar-refractivity contribution in [3.8, 4) is 11.5 Å². The lowest BCUT2D eigenvalue weighted by molar-refractivity contribution is 0.354. The van der Waals surface area contributed by atoms with Crippen LogP contribution in [0.15, 0.2) is 17.2 Å². The average Bonchev–Trinajstić information content (AvgIpc) is 2.27. The zero-order chi connectivity index (χ0) is 11.3. The molecule has 5 nitrogen and oxygen atoms in total. The van der Waals surface area contributed by atoms with Crippen molar-refractivity contribution in [2.24, 2.45) is 5.11 Å². The first-order valence-corrected chi connectivity index (χ1v) is 4.52. The third-order valence-corrected chi connectivity index (χ3v) is 2.28. The Bertz CT molecular complexity index is 403. The Morgan fingerprint density at radius 3 is 2.67 bits per heavy atom. The molecule has 0 heterocycles. The Balaban J connectivity index is 3.16. The number of halogens is 1. The summed E-state index contributed by atoms with van der Waals surface area (Å²) in [7, 11) is 3.03. The van der Waals surface area contributed by atoms with Crippen LogP contribution in [0.4, 0.5) is 0 Å². The van der Waals surface area contributed by atoms with Crippen LogP contribution >= 0.6 is 11.6 Å². The van der Waals surface area contributed by atoms with Crippen molar-refractivity contribution in [3.05, 3.63) is 33.2 Å². The average molecular weight is 228 g/mol. The molecule has 15 heavy (non-hydrogen) atoms. The number of nitrogens with zero attached hydrogens (tertiary/aromatic N) is 3. The number of hydrogen-bond donors (Lipinski definition) is 0. The first-order chi connectivity index (χ1) is 7.24. The summed E-state index contributed by atoms with van der Waals surface area (Å²) in [6.45, 7) is 0.190. The minimum absolute atomic E-state index is 0.190. The maximum Gasteiger partial charge on any atom is 0.179 e. The van der Waals surface area contributed by atoms with Gasteiger partial charge in [-0.25, -0.2) is 0 Å². The molecule has 0 radical (unpaired) electrons. The standard InChI is InChI=1S/C9H10ClN3O2/c1-14-7-4-3-6(5-12-13-11)8(10)9(7)15-2/h3-4H,5H2,1-2H3. The van der Waals surface area contributed by atoms with Crippen LogP contribution in [-0.2, 0) is 6.54 Å². The van der Waals surface area contributed by atoms with Crippen molar-refractivity contribution < 1.29 is 9.47 Å². The van der Waals surface area contributed by atoms with Crippen LogP contribution in [-0.4, -0.2) is 14.2 Å². The van der Waals surface area contributed by atoms with Crippen LogP contribution in [0.25, 0.3) is 10.4 Å². The molecule has 0 aliphatic carbocycles. The smallest absolute Gasteiger partial charge is 0.179 e. The van der Waals surface area contributed by atoms with Gasteiger partial charge in [0.2, 0.25) is 0 Å². The SMILES string of the molecule is COc1ccc(CN=[N+]=[N-])c(Cl)c1OC. The summed E-state index contributed by atoms with van der Waals surface area (Å²) in [4.78, 5) is 2.66. The van der Waals surface area contributed by atoms with Crippen LogP contribution in [0, 0.1) is 0 Å². The fourth-order valence-electron chi connectivity index (χ4n) is 1.16. The first-order valence-electron chi connectivity index (χ1n) is 4.14. The highest BCUT2D eigenvalue weighted by atomic mass is 35.5. The quantitative estimate of drug-likeness (QED) is 0.450. The van der Waals surface area contributed by atoms with Gasteiger partial charge in [0.1, 0.15) is 0 Å². The summed E-state index contributed by atoms with van der Waals surface area (Å²) < 4.78 is 10.2. The van der Waals surface area contributed by atoms with Gasteiger partial charge in [0.25, 0.3) is 0 Å². The first kappa shape index (κ1) is 11.5. The molecule has 6 heteroatoms. The number of rotatable bonds is 4. The van der Waals surface area contributed by atoms with E-state index in [-0.39, 0.29) is 6.54 Å². The molecule has 0 aliphatic rings. The highest BCUT2D eigenvalue weighted by Crippen LogP contribution is 2.37. The number of ether oxygens (including phenoxy) is 2. The second kappa shape index (κ2) is 5.34. The fraction of sp³-hybridized carbons (Fsp3) is 0.333. The molecule has 80 valence electrons. The molecule has 0 fully saturated rings. The van der Waals surface area contributed by atoms with E-state index in [4.69, 9.17) is 26.6 Å². The van der Waals surface area contributed by atoms with Gasteiger partial charge < -0.3 is 9.47 Å². The number of azide groups is 1. The lowest BCUT2D eigenvalue weighted by atomic mass is 10.2. The van der Waals surface area contributed by atoms with Crippen LogP contribution < -0.4 is 9.47 Å². The topological polar surface area (TPSA) is 67.2 Å². The summed E-state index contributed by atoms with van der Waals surface area (Å²) in [5, 5.41) is 3.84. The van der Waals surface area contributed by atoms with Crippen molar-refractivity contribution in [2.75, 3.05) is 14.2 Å². The number of hydrogen-bond acceptors (Lipinski definition) is 3. The van der Waals surface area contributed by atoms with Gasteiger partial charge in [-0.1, -0.05) is 22.8 Å². The third kappa shape index (κ3) is 2.46. The van der Waals surface area contributed by atoms with E-state index in [1.54, 1.807) is 12.1 Å². The van der Waals surface area contributed by atoms with E-state index in [1.807, 2.05) is 0 Å². The number of methoxy groups -OCH3 is 2. The van der Waals surface area contributed by atoms with Gasteiger partial charge in [-0.05, 0) is 17.2 Å². The zero-order valence-corrected chi connectivity index (χ0v) is 9.15. The predicted octanol–water partition coefficient (Wildman–Crippen LogP) is 3.17. The van der Waals surface area contributed by atoms with E-state index < -0.39 is 0 Å². The van der Waals surface area contributed by atoms with Crippen molar-refractivity contribution in [1.29, 1.82) is 0 Å². The summed E-state index contributed by atoms with van der Waals surface area (Å²) in [6.07, 6.45) is 0. The van der Waals surface area contributed by atoms with Gasteiger partial charge in [-0.15, -0.1) is 0 Å². The highest BCUT2D eigenvalue weighted by Gasteiger charge is 2.11. The van der Waals surface area contributed by atoms with Crippen molar-refractivity contribution in [1.82, 2.24) is 0 Å². The van der Waals surface area contributed by atoms with E-state index in [0.29, 0.717) is 22.1 Å². The van der Waals surface area contributed by atoms with E-state index in [0.717, 1.165) is 0 Å². The van der Waals surface area contributed by atoms with Crippen LogP contribution in [0.5, 0.6) is 11.5 Å². The molecule has 0 aromatic heterocycles. The summed E-state index contributed by atoms with van der Waals surface area (Å²) in [5.41, 5.74) is 8.91. The van der Waals surface area contributed by atoms with E-state index in [9.17, 15) is 0 Å². The molecule has 1 aromatic rings. The Morgan fingerprint density at radius 1 is 1.40 bits per heavy atom. The largest absolute Gasteiger partial charge is 0.493 e. The van der Waals surface area contributed by atoms with Crippen molar-refractivity contribution in [3.63, 3.8) is 0 Å². The fourth-order valence-corrected chi connectivity index (χ4v) is 1.45. The zero-order valence-electron chi connectivity index (χ0n) is 8.40. The molecule has 0 saturated heterocycles. The highest BCUT2D eigenvalue weighted by molar-refractivity contribution is 6.33. The van der Waals surface area contributed by atoms with Gasteiger partial charge in [-0.3, -0.25) is 0 Å². The van der Waals surface area contributed by atoms with Crippen LogP contribution in [0.1, 0.15) is 5.56 Å². The Hall–Kier alpha value is -1.58. The minimum atomic E-state index is 0.190. The molecule has 0 aliphatic heterocycles. The summed E-state index contributed by atoms with van der Waals surface area (Å²) in [6, 6.07) is 3.45.